The van der Waals surface area contributed by atoms with Crippen molar-refractivity contribution in [2.75, 3.05) is 12.4 Å². The van der Waals surface area contributed by atoms with E-state index in [1.165, 1.54) is 22.9 Å². The first-order chi connectivity index (χ1) is 14.1. The number of rotatable bonds is 8. The number of ether oxygens (including phenoxy) is 1. The Hall–Kier alpha value is -3.13. The summed E-state index contributed by atoms with van der Waals surface area (Å²) in [6, 6.07) is 13.1. The Morgan fingerprint density at radius 3 is 2.59 bits per heavy atom. The van der Waals surface area contributed by atoms with Crippen molar-refractivity contribution in [3.05, 3.63) is 82.7 Å². The first-order valence-electron chi connectivity index (χ1n) is 9.01. The van der Waals surface area contributed by atoms with Gasteiger partial charge in [-0.05, 0) is 48.9 Å². The van der Waals surface area contributed by atoms with Crippen LogP contribution in [-0.2, 0) is 11.3 Å². The highest BCUT2D eigenvalue weighted by atomic mass is 32.2. The number of aromatic nitrogens is 2. The van der Waals surface area contributed by atoms with E-state index >= 15 is 0 Å². The second kappa shape index (κ2) is 9.88. The van der Waals surface area contributed by atoms with Gasteiger partial charge in [0.2, 0.25) is 5.91 Å². The van der Waals surface area contributed by atoms with Crippen molar-refractivity contribution in [3.63, 3.8) is 0 Å². The number of amides is 1. The molecule has 1 amide bonds. The molecule has 0 aliphatic heterocycles. The molecule has 0 radical (unpaired) electrons. The Morgan fingerprint density at radius 1 is 1.17 bits per heavy atom. The van der Waals surface area contributed by atoms with Gasteiger partial charge >= 0.3 is 0 Å². The van der Waals surface area contributed by atoms with Gasteiger partial charge in [0.25, 0.3) is 5.56 Å². The summed E-state index contributed by atoms with van der Waals surface area (Å²) in [6.07, 6.45) is 3.10. The zero-order valence-corrected chi connectivity index (χ0v) is 16.6. The molecule has 1 N–H and O–H groups in total. The molecule has 1 aromatic heterocycles. The summed E-state index contributed by atoms with van der Waals surface area (Å²) in [6.45, 7) is 2.76. The van der Waals surface area contributed by atoms with Crippen LogP contribution in [0.25, 0.3) is 5.69 Å². The van der Waals surface area contributed by atoms with Crippen molar-refractivity contribution in [2.24, 2.45) is 0 Å². The summed E-state index contributed by atoms with van der Waals surface area (Å²) >= 11 is 1.07. The third-order valence-electron chi connectivity index (χ3n) is 3.98. The van der Waals surface area contributed by atoms with E-state index in [1.807, 2.05) is 6.92 Å². The van der Waals surface area contributed by atoms with Crippen LogP contribution >= 0.6 is 11.8 Å². The van der Waals surface area contributed by atoms with Crippen LogP contribution in [0.2, 0.25) is 0 Å². The summed E-state index contributed by atoms with van der Waals surface area (Å²) in [4.78, 5) is 28.8. The molecule has 0 bridgehead atoms. The average Bonchev–Trinajstić information content (AvgIpc) is 2.73. The number of hydrogen-bond donors (Lipinski definition) is 1. The van der Waals surface area contributed by atoms with Gasteiger partial charge in [-0.15, -0.1) is 0 Å². The largest absolute Gasteiger partial charge is 0.494 e. The molecule has 1 heterocycles. The molecule has 0 atom stereocenters. The molecule has 0 aliphatic carbocycles. The van der Waals surface area contributed by atoms with Gasteiger partial charge in [-0.1, -0.05) is 23.9 Å². The van der Waals surface area contributed by atoms with E-state index in [0.717, 1.165) is 23.1 Å². The second-order valence-electron chi connectivity index (χ2n) is 6.03. The topological polar surface area (TPSA) is 73.2 Å². The van der Waals surface area contributed by atoms with Gasteiger partial charge in [0, 0.05) is 24.6 Å². The molecular weight excluding hydrogens is 393 g/mol. The molecular formula is C21H20FN3O3S. The number of benzene rings is 2. The van der Waals surface area contributed by atoms with Crippen LogP contribution in [0, 0.1) is 5.82 Å². The minimum Gasteiger partial charge on any atom is -0.494 e. The Bertz CT molecular complexity index is 1020. The predicted molar refractivity (Wildman–Crippen MR) is 110 cm³/mol. The van der Waals surface area contributed by atoms with E-state index in [2.05, 4.69) is 10.3 Å². The average molecular weight is 413 g/mol. The van der Waals surface area contributed by atoms with E-state index in [9.17, 15) is 14.0 Å². The van der Waals surface area contributed by atoms with Crippen molar-refractivity contribution in [2.45, 2.75) is 18.5 Å². The summed E-state index contributed by atoms with van der Waals surface area (Å²) < 4.78 is 19.8. The number of halogens is 1. The van der Waals surface area contributed by atoms with E-state index in [-0.39, 0.29) is 34.6 Å². The fourth-order valence-corrected chi connectivity index (χ4v) is 3.28. The first-order valence-corrected chi connectivity index (χ1v) is 10.00. The molecule has 3 rings (SSSR count). The summed E-state index contributed by atoms with van der Waals surface area (Å²) in [5, 5.41) is 2.97. The standard InChI is InChI=1S/C21H20FN3O3S/c1-2-28-18-9-7-17(8-10-18)25-12-11-23-20(21(25)27)29-14-19(26)24-13-15-3-5-16(22)6-4-15/h3-12H,2,13-14H2,1H3,(H,24,26). The van der Waals surface area contributed by atoms with Crippen LogP contribution < -0.4 is 15.6 Å². The van der Waals surface area contributed by atoms with Crippen LogP contribution in [0.5, 0.6) is 5.75 Å². The number of nitrogens with one attached hydrogen (secondary N) is 1. The zero-order valence-electron chi connectivity index (χ0n) is 15.8. The van der Waals surface area contributed by atoms with Gasteiger partial charge < -0.3 is 10.1 Å². The van der Waals surface area contributed by atoms with Crippen molar-refractivity contribution >= 4 is 17.7 Å². The molecule has 0 saturated carbocycles. The van der Waals surface area contributed by atoms with Gasteiger partial charge in [-0.25, -0.2) is 9.37 Å². The maximum Gasteiger partial charge on any atom is 0.287 e. The van der Waals surface area contributed by atoms with Crippen molar-refractivity contribution in [1.29, 1.82) is 0 Å². The molecule has 150 valence electrons. The smallest absolute Gasteiger partial charge is 0.287 e. The fraction of sp³-hybridized carbons (Fsp3) is 0.190. The summed E-state index contributed by atoms with van der Waals surface area (Å²) in [5.74, 6) is 0.217. The van der Waals surface area contributed by atoms with Gasteiger partial charge in [0.05, 0.1) is 12.4 Å². The lowest BCUT2D eigenvalue weighted by molar-refractivity contribution is -0.118. The number of carbonyl (C=O) groups excluding carboxylic acids is 1. The van der Waals surface area contributed by atoms with Gasteiger partial charge in [-0.2, -0.15) is 0 Å². The molecule has 6 nitrogen and oxygen atoms in total. The molecule has 0 fully saturated rings. The summed E-state index contributed by atoms with van der Waals surface area (Å²) in [7, 11) is 0. The number of hydrogen-bond acceptors (Lipinski definition) is 5. The highest BCUT2D eigenvalue weighted by Gasteiger charge is 2.10. The zero-order chi connectivity index (χ0) is 20.6. The lowest BCUT2D eigenvalue weighted by Crippen LogP contribution is -2.26. The quantitative estimate of drug-likeness (QED) is 0.574. The van der Waals surface area contributed by atoms with Crippen LogP contribution in [-0.4, -0.2) is 27.8 Å². The Balaban J connectivity index is 1.61. The van der Waals surface area contributed by atoms with Crippen molar-refractivity contribution < 1.29 is 13.9 Å². The molecule has 29 heavy (non-hydrogen) atoms. The number of carbonyl (C=O) groups is 1. The maximum atomic E-state index is 12.9. The van der Waals surface area contributed by atoms with Gasteiger partial charge in [0.15, 0.2) is 5.03 Å². The highest BCUT2D eigenvalue weighted by molar-refractivity contribution is 7.99. The summed E-state index contributed by atoms with van der Waals surface area (Å²) in [5.41, 5.74) is 1.18. The van der Waals surface area contributed by atoms with E-state index in [1.54, 1.807) is 42.6 Å². The van der Waals surface area contributed by atoms with Crippen LogP contribution in [0.1, 0.15) is 12.5 Å². The minimum absolute atomic E-state index is 0.0523. The van der Waals surface area contributed by atoms with E-state index < -0.39 is 0 Å². The maximum absolute atomic E-state index is 12.9. The lowest BCUT2D eigenvalue weighted by atomic mass is 10.2. The molecule has 3 aromatic rings. The first kappa shape index (κ1) is 20.6. The normalized spacial score (nSPS) is 10.6. The van der Waals surface area contributed by atoms with Gasteiger partial charge in [-0.3, -0.25) is 14.2 Å². The number of thioether (sulfide) groups is 1. The molecule has 0 spiro atoms. The van der Waals surface area contributed by atoms with Crippen molar-refractivity contribution in [1.82, 2.24) is 14.9 Å². The molecule has 0 saturated heterocycles. The lowest BCUT2D eigenvalue weighted by Gasteiger charge is -2.09. The Kier molecular flexibility index (Phi) is 7.02. The third kappa shape index (κ3) is 5.68. The van der Waals surface area contributed by atoms with Gasteiger partial charge in [0.1, 0.15) is 11.6 Å². The van der Waals surface area contributed by atoms with E-state index in [0.29, 0.717) is 12.3 Å². The second-order valence-corrected chi connectivity index (χ2v) is 6.99. The molecule has 0 aliphatic rings. The Labute approximate surface area is 171 Å². The molecule has 2 aromatic carbocycles. The Morgan fingerprint density at radius 2 is 1.90 bits per heavy atom. The third-order valence-corrected chi connectivity index (χ3v) is 4.94. The SMILES string of the molecule is CCOc1ccc(-n2ccnc(SCC(=O)NCc3ccc(F)cc3)c2=O)cc1. The predicted octanol–water partition coefficient (Wildman–Crippen LogP) is 3.18. The molecule has 0 unspecified atom stereocenters. The monoisotopic (exact) mass is 413 g/mol. The van der Waals surface area contributed by atoms with E-state index in [4.69, 9.17) is 4.74 Å². The van der Waals surface area contributed by atoms with Crippen LogP contribution in [0.3, 0.4) is 0 Å². The fourth-order valence-electron chi connectivity index (χ4n) is 2.55. The highest BCUT2D eigenvalue weighted by Crippen LogP contribution is 2.16. The minimum atomic E-state index is -0.324. The van der Waals surface area contributed by atoms with Crippen LogP contribution in [0.15, 0.2) is 70.7 Å². The number of nitrogens with zero attached hydrogens (tertiary/aromatic N) is 2. The van der Waals surface area contributed by atoms with Crippen LogP contribution in [0.4, 0.5) is 4.39 Å². The van der Waals surface area contributed by atoms with Crippen molar-refractivity contribution in [3.8, 4) is 11.4 Å². The molecule has 8 heteroatoms.